The third-order valence-electron chi connectivity index (χ3n) is 5.31. The Balaban J connectivity index is 0.00000192. The predicted molar refractivity (Wildman–Crippen MR) is 99.7 cm³/mol. The Kier molecular flexibility index (Phi) is 7.23. The van der Waals surface area contributed by atoms with E-state index >= 15 is 0 Å². The van der Waals surface area contributed by atoms with Crippen LogP contribution in [-0.2, 0) is 6.42 Å². The van der Waals surface area contributed by atoms with Crippen LogP contribution in [0.15, 0.2) is 18.2 Å². The fraction of sp³-hybridized carbons (Fsp3) is 0.700. The first-order valence-corrected chi connectivity index (χ1v) is 9.27. The summed E-state index contributed by atoms with van der Waals surface area (Å²) in [6.45, 7) is 3.08. The molecule has 1 atom stereocenters. The molecule has 0 aromatic heterocycles. The minimum atomic E-state index is 0. The molecule has 130 valence electrons. The zero-order chi connectivity index (χ0) is 15.4. The highest BCUT2D eigenvalue weighted by Gasteiger charge is 2.24. The molecule has 0 heterocycles. The Morgan fingerprint density at radius 3 is 2.52 bits per heavy atom. The third-order valence-corrected chi connectivity index (χ3v) is 5.31. The minimum absolute atomic E-state index is 0. The van der Waals surface area contributed by atoms with Crippen LogP contribution in [0.2, 0.25) is 0 Å². The number of benzene rings is 1. The molecule has 1 aromatic carbocycles. The van der Waals surface area contributed by atoms with Gasteiger partial charge in [0.2, 0.25) is 0 Å². The van der Waals surface area contributed by atoms with Gasteiger partial charge in [0, 0.05) is 6.04 Å². The maximum absolute atomic E-state index is 6.17. The van der Waals surface area contributed by atoms with Crippen LogP contribution < -0.4 is 10.5 Å². The van der Waals surface area contributed by atoms with Crippen LogP contribution in [0.1, 0.15) is 75.3 Å². The summed E-state index contributed by atoms with van der Waals surface area (Å²) in [6, 6.07) is 7.11. The van der Waals surface area contributed by atoms with E-state index in [0.29, 0.717) is 5.92 Å². The lowest BCUT2D eigenvalue weighted by Gasteiger charge is -2.25. The van der Waals surface area contributed by atoms with Crippen LogP contribution in [0.5, 0.6) is 5.75 Å². The second kappa shape index (κ2) is 8.94. The first-order chi connectivity index (χ1) is 10.8. The molecule has 2 fully saturated rings. The molecule has 1 unspecified atom stereocenters. The van der Waals surface area contributed by atoms with Crippen LogP contribution in [0, 0.1) is 5.92 Å². The molecular formula is C20H32ClNO. The van der Waals surface area contributed by atoms with E-state index in [-0.39, 0.29) is 18.4 Å². The summed E-state index contributed by atoms with van der Waals surface area (Å²) < 4.78 is 6.17. The van der Waals surface area contributed by atoms with Gasteiger partial charge in [-0.15, -0.1) is 12.4 Å². The highest BCUT2D eigenvalue weighted by molar-refractivity contribution is 5.85. The van der Waals surface area contributed by atoms with Crippen molar-refractivity contribution < 1.29 is 4.74 Å². The molecule has 0 bridgehead atoms. The summed E-state index contributed by atoms with van der Waals surface area (Å²) in [7, 11) is 0. The van der Waals surface area contributed by atoms with Crippen molar-refractivity contribution in [2.75, 3.05) is 6.61 Å². The first-order valence-electron chi connectivity index (χ1n) is 9.27. The van der Waals surface area contributed by atoms with Gasteiger partial charge in [-0.05, 0) is 67.6 Å². The quantitative estimate of drug-likeness (QED) is 0.739. The average Bonchev–Trinajstić information content (AvgIpc) is 3.38. The number of halogens is 1. The van der Waals surface area contributed by atoms with Gasteiger partial charge in [0.1, 0.15) is 5.75 Å². The third kappa shape index (κ3) is 5.39. The summed E-state index contributed by atoms with van der Waals surface area (Å²) in [4.78, 5) is 0. The van der Waals surface area contributed by atoms with Gasteiger partial charge in [-0.1, -0.05) is 38.3 Å². The monoisotopic (exact) mass is 337 g/mol. The van der Waals surface area contributed by atoms with Gasteiger partial charge < -0.3 is 10.5 Å². The number of nitrogens with two attached hydrogens (primary N) is 1. The van der Waals surface area contributed by atoms with Crippen LogP contribution in [0.3, 0.4) is 0 Å². The molecule has 0 aliphatic heterocycles. The van der Waals surface area contributed by atoms with E-state index in [1.807, 2.05) is 0 Å². The molecule has 3 heteroatoms. The SMILES string of the molecule is CCC(N)Cc1ccc(OCC2CC2)c(C2CCCCC2)c1.Cl. The van der Waals surface area contributed by atoms with Crippen molar-refractivity contribution >= 4 is 12.4 Å². The van der Waals surface area contributed by atoms with Crippen LogP contribution >= 0.6 is 12.4 Å². The molecule has 2 aliphatic rings. The molecule has 3 rings (SSSR count). The lowest BCUT2D eigenvalue weighted by atomic mass is 9.82. The second-order valence-electron chi connectivity index (χ2n) is 7.33. The largest absolute Gasteiger partial charge is 0.493 e. The van der Waals surface area contributed by atoms with E-state index in [1.165, 1.54) is 56.1 Å². The van der Waals surface area contributed by atoms with E-state index in [9.17, 15) is 0 Å². The zero-order valence-electron chi connectivity index (χ0n) is 14.4. The second-order valence-corrected chi connectivity index (χ2v) is 7.33. The summed E-state index contributed by atoms with van der Waals surface area (Å²) >= 11 is 0. The van der Waals surface area contributed by atoms with Gasteiger partial charge in [-0.3, -0.25) is 0 Å². The standard InChI is InChI=1S/C20H31NO.ClH/c1-2-18(21)12-16-10-11-20(22-14-15-8-9-15)19(13-16)17-6-4-3-5-7-17;/h10-11,13,15,17-18H,2-9,12,14,21H2,1H3;1H. The highest BCUT2D eigenvalue weighted by atomic mass is 35.5. The highest BCUT2D eigenvalue weighted by Crippen LogP contribution is 2.39. The lowest BCUT2D eigenvalue weighted by Crippen LogP contribution is -2.21. The molecule has 0 radical (unpaired) electrons. The van der Waals surface area contributed by atoms with E-state index in [2.05, 4.69) is 25.1 Å². The summed E-state index contributed by atoms with van der Waals surface area (Å²) in [5, 5.41) is 0. The van der Waals surface area contributed by atoms with Crippen molar-refractivity contribution in [2.24, 2.45) is 11.7 Å². The van der Waals surface area contributed by atoms with Gasteiger partial charge in [-0.25, -0.2) is 0 Å². The van der Waals surface area contributed by atoms with Crippen LogP contribution in [-0.4, -0.2) is 12.6 Å². The Morgan fingerprint density at radius 2 is 1.87 bits per heavy atom. The fourth-order valence-electron chi connectivity index (χ4n) is 3.53. The number of rotatable bonds is 7. The van der Waals surface area contributed by atoms with Crippen molar-refractivity contribution in [1.29, 1.82) is 0 Å². The van der Waals surface area contributed by atoms with Crippen LogP contribution in [0.25, 0.3) is 0 Å². The van der Waals surface area contributed by atoms with Gasteiger partial charge in [0.05, 0.1) is 6.61 Å². The topological polar surface area (TPSA) is 35.2 Å². The molecule has 2 N–H and O–H groups in total. The Morgan fingerprint density at radius 1 is 1.13 bits per heavy atom. The number of hydrogen-bond acceptors (Lipinski definition) is 2. The van der Waals surface area contributed by atoms with E-state index in [0.717, 1.165) is 31.1 Å². The zero-order valence-corrected chi connectivity index (χ0v) is 15.2. The molecule has 2 nitrogen and oxygen atoms in total. The van der Waals surface area contributed by atoms with Gasteiger partial charge >= 0.3 is 0 Å². The maximum atomic E-state index is 6.17. The Labute approximate surface area is 147 Å². The molecule has 2 saturated carbocycles. The normalized spacial score (nSPS) is 19.9. The van der Waals surface area contributed by atoms with E-state index < -0.39 is 0 Å². The van der Waals surface area contributed by atoms with E-state index in [4.69, 9.17) is 10.5 Å². The minimum Gasteiger partial charge on any atom is -0.493 e. The van der Waals surface area contributed by atoms with Crippen molar-refractivity contribution in [1.82, 2.24) is 0 Å². The van der Waals surface area contributed by atoms with Crippen molar-refractivity contribution in [3.05, 3.63) is 29.3 Å². The van der Waals surface area contributed by atoms with Gasteiger partial charge in [-0.2, -0.15) is 0 Å². The molecule has 2 aliphatic carbocycles. The maximum Gasteiger partial charge on any atom is 0.122 e. The van der Waals surface area contributed by atoms with Crippen LogP contribution in [0.4, 0.5) is 0 Å². The molecule has 0 spiro atoms. The molecule has 23 heavy (non-hydrogen) atoms. The molecular weight excluding hydrogens is 306 g/mol. The van der Waals surface area contributed by atoms with Gasteiger partial charge in [0.25, 0.3) is 0 Å². The number of ether oxygens (including phenoxy) is 1. The lowest BCUT2D eigenvalue weighted by molar-refractivity contribution is 0.291. The first kappa shape index (κ1) is 18.6. The van der Waals surface area contributed by atoms with Crippen molar-refractivity contribution in [3.8, 4) is 5.75 Å². The molecule has 0 saturated heterocycles. The fourth-order valence-corrected chi connectivity index (χ4v) is 3.53. The van der Waals surface area contributed by atoms with E-state index in [1.54, 1.807) is 0 Å². The summed E-state index contributed by atoms with van der Waals surface area (Å²) in [5.74, 6) is 2.65. The Hall–Kier alpha value is -0.730. The smallest absolute Gasteiger partial charge is 0.122 e. The predicted octanol–water partition coefficient (Wildman–Crippen LogP) is 5.22. The van der Waals surface area contributed by atoms with Crippen molar-refractivity contribution in [2.45, 2.75) is 76.7 Å². The Bertz CT molecular complexity index is 481. The molecule has 1 aromatic rings. The van der Waals surface area contributed by atoms with Gasteiger partial charge in [0.15, 0.2) is 0 Å². The summed E-state index contributed by atoms with van der Waals surface area (Å²) in [6.07, 6.45) is 11.5. The number of hydrogen-bond donors (Lipinski definition) is 1. The van der Waals surface area contributed by atoms with Crippen molar-refractivity contribution in [3.63, 3.8) is 0 Å². The summed E-state index contributed by atoms with van der Waals surface area (Å²) in [5.41, 5.74) is 8.99. The molecule has 0 amide bonds. The average molecular weight is 338 g/mol.